The maximum absolute atomic E-state index is 11.6. The Morgan fingerprint density at radius 1 is 1.37 bits per heavy atom. The minimum atomic E-state index is -4.41. The topological polar surface area (TPSA) is 80.7 Å². The summed E-state index contributed by atoms with van der Waals surface area (Å²) in [5.74, 6) is -0.602. The first-order valence-electron chi connectivity index (χ1n) is 5.83. The second-order valence-corrected chi connectivity index (χ2v) is 6.53. The van der Waals surface area contributed by atoms with Crippen molar-refractivity contribution in [2.45, 2.75) is 37.5 Å². The van der Waals surface area contributed by atoms with Crippen LogP contribution in [0, 0.1) is 3.57 Å². The predicted molar refractivity (Wildman–Crippen MR) is 78.8 cm³/mol. The van der Waals surface area contributed by atoms with Crippen LogP contribution in [0.3, 0.4) is 0 Å². The minimum absolute atomic E-state index is 0.105. The minimum Gasteiger partial charge on any atom is -0.424 e. The molecule has 0 atom stereocenters. The number of para-hydroxylation sites is 1. The Bertz CT molecular complexity index is 553. The fraction of sp³-hybridized carbons (Fsp3) is 0.417. The summed E-state index contributed by atoms with van der Waals surface area (Å²) in [5.41, 5.74) is 0. The van der Waals surface area contributed by atoms with E-state index in [2.05, 4.69) is 0 Å². The molecule has 0 spiro atoms. The van der Waals surface area contributed by atoms with Crippen LogP contribution in [-0.2, 0) is 14.9 Å². The summed E-state index contributed by atoms with van der Waals surface area (Å²) < 4.78 is 37.0. The Kier molecular flexibility index (Phi) is 6.21. The van der Waals surface area contributed by atoms with Gasteiger partial charge in [0.1, 0.15) is 4.90 Å². The zero-order valence-electron chi connectivity index (χ0n) is 10.4. The van der Waals surface area contributed by atoms with E-state index in [-0.39, 0.29) is 17.1 Å². The molecular weight excluding hydrogens is 383 g/mol. The third-order valence-corrected chi connectivity index (χ3v) is 4.14. The molecule has 0 aliphatic rings. The molecule has 0 aliphatic carbocycles. The van der Waals surface area contributed by atoms with Gasteiger partial charge in [0.15, 0.2) is 5.75 Å². The van der Waals surface area contributed by atoms with E-state index in [4.69, 9.17) is 9.29 Å². The quantitative estimate of drug-likeness (QED) is 0.262. The van der Waals surface area contributed by atoms with E-state index in [0.29, 0.717) is 9.99 Å². The Labute approximate surface area is 126 Å². The highest BCUT2D eigenvalue weighted by atomic mass is 127. The first-order valence-corrected chi connectivity index (χ1v) is 8.34. The normalized spacial score (nSPS) is 11.3. The summed E-state index contributed by atoms with van der Waals surface area (Å²) >= 11 is 1.85. The van der Waals surface area contributed by atoms with Crippen LogP contribution in [0.5, 0.6) is 5.75 Å². The molecule has 7 heteroatoms. The first kappa shape index (κ1) is 16.4. The number of hydrogen-bond acceptors (Lipinski definition) is 4. The first-order chi connectivity index (χ1) is 8.86. The van der Waals surface area contributed by atoms with Gasteiger partial charge in [-0.1, -0.05) is 25.8 Å². The number of halogens is 1. The number of unbranched alkanes of at least 4 members (excludes halogenated alkanes) is 2. The number of benzene rings is 1. The van der Waals surface area contributed by atoms with Crippen LogP contribution in [0.4, 0.5) is 0 Å². The van der Waals surface area contributed by atoms with Crippen molar-refractivity contribution in [1.82, 2.24) is 0 Å². The van der Waals surface area contributed by atoms with Crippen molar-refractivity contribution in [3.8, 4) is 5.75 Å². The van der Waals surface area contributed by atoms with Crippen molar-refractivity contribution < 1.29 is 22.5 Å². The van der Waals surface area contributed by atoms with Crippen molar-refractivity contribution in [2.75, 3.05) is 0 Å². The van der Waals surface area contributed by atoms with E-state index in [1.54, 1.807) is 6.07 Å². The Hall–Kier alpha value is -0.670. The highest BCUT2D eigenvalue weighted by molar-refractivity contribution is 14.1. The van der Waals surface area contributed by atoms with Gasteiger partial charge in [0, 0.05) is 6.42 Å². The van der Waals surface area contributed by atoms with E-state index >= 15 is 0 Å². The summed E-state index contributed by atoms with van der Waals surface area (Å²) in [6, 6.07) is 4.27. The molecule has 5 nitrogen and oxygen atoms in total. The van der Waals surface area contributed by atoms with Crippen LogP contribution >= 0.6 is 22.6 Å². The monoisotopic (exact) mass is 398 g/mol. The zero-order chi connectivity index (χ0) is 14.5. The predicted octanol–water partition coefficient (Wildman–Crippen LogP) is 3.02. The van der Waals surface area contributed by atoms with Gasteiger partial charge >= 0.3 is 5.97 Å². The van der Waals surface area contributed by atoms with Gasteiger partial charge in [-0.05, 0) is 41.1 Å². The number of carbonyl (C=O) groups excluding carboxylic acids is 1. The Morgan fingerprint density at radius 3 is 2.63 bits per heavy atom. The van der Waals surface area contributed by atoms with Gasteiger partial charge in [0.05, 0.1) is 3.57 Å². The van der Waals surface area contributed by atoms with Crippen molar-refractivity contribution in [3.05, 3.63) is 21.8 Å². The van der Waals surface area contributed by atoms with Gasteiger partial charge in [-0.2, -0.15) is 8.42 Å². The molecule has 0 saturated heterocycles. The van der Waals surface area contributed by atoms with E-state index in [1.165, 1.54) is 12.1 Å². The lowest BCUT2D eigenvalue weighted by molar-refractivity contribution is -0.134. The fourth-order valence-electron chi connectivity index (χ4n) is 1.48. The number of hydrogen-bond donors (Lipinski definition) is 1. The van der Waals surface area contributed by atoms with Crippen molar-refractivity contribution >= 4 is 38.7 Å². The average molecular weight is 398 g/mol. The summed E-state index contributed by atoms with van der Waals surface area (Å²) in [4.78, 5) is 11.2. The van der Waals surface area contributed by atoms with E-state index in [1.807, 2.05) is 29.5 Å². The van der Waals surface area contributed by atoms with Gasteiger partial charge < -0.3 is 4.74 Å². The fourth-order valence-corrected chi connectivity index (χ4v) is 2.90. The lowest BCUT2D eigenvalue weighted by Crippen LogP contribution is -2.12. The molecule has 1 rings (SSSR count). The van der Waals surface area contributed by atoms with Crippen LogP contribution in [0.25, 0.3) is 0 Å². The molecule has 0 aromatic heterocycles. The highest BCUT2D eigenvalue weighted by Gasteiger charge is 2.21. The molecule has 0 bridgehead atoms. The second-order valence-electron chi connectivity index (χ2n) is 3.97. The van der Waals surface area contributed by atoms with Crippen LogP contribution in [0.1, 0.15) is 32.6 Å². The average Bonchev–Trinajstić information content (AvgIpc) is 2.30. The molecule has 0 fully saturated rings. The van der Waals surface area contributed by atoms with Crippen LogP contribution < -0.4 is 4.74 Å². The maximum Gasteiger partial charge on any atom is 0.311 e. The molecule has 0 amide bonds. The van der Waals surface area contributed by atoms with Crippen LogP contribution in [0.2, 0.25) is 0 Å². The molecule has 1 aromatic rings. The highest BCUT2D eigenvalue weighted by Crippen LogP contribution is 2.29. The molecule has 0 aliphatic heterocycles. The number of rotatable bonds is 6. The number of carbonyl (C=O) groups is 1. The van der Waals surface area contributed by atoms with E-state index < -0.39 is 16.1 Å². The Balaban J connectivity index is 2.92. The third kappa shape index (κ3) is 5.07. The van der Waals surface area contributed by atoms with Crippen LogP contribution in [-0.4, -0.2) is 18.9 Å². The second kappa shape index (κ2) is 7.20. The number of ether oxygens (including phenoxy) is 1. The molecule has 0 unspecified atom stereocenters. The molecule has 106 valence electrons. The molecule has 0 radical (unpaired) electrons. The number of esters is 1. The lowest BCUT2D eigenvalue weighted by atomic mass is 10.2. The molecular formula is C12H15IO5S. The van der Waals surface area contributed by atoms with Gasteiger partial charge in [0.25, 0.3) is 10.1 Å². The molecule has 19 heavy (non-hydrogen) atoms. The van der Waals surface area contributed by atoms with E-state index in [0.717, 1.165) is 12.8 Å². The SMILES string of the molecule is CCCCCC(=O)Oc1c(I)cccc1S(=O)(=O)O. The molecule has 1 aromatic carbocycles. The van der Waals surface area contributed by atoms with E-state index in [9.17, 15) is 13.2 Å². The smallest absolute Gasteiger partial charge is 0.311 e. The summed E-state index contributed by atoms with van der Waals surface area (Å²) in [7, 11) is -4.41. The summed E-state index contributed by atoms with van der Waals surface area (Å²) in [6.07, 6.45) is 2.81. The third-order valence-electron chi connectivity index (χ3n) is 2.41. The zero-order valence-corrected chi connectivity index (χ0v) is 13.4. The standard InChI is InChI=1S/C12H15IO5S/c1-2-3-4-8-11(14)18-12-9(13)6-5-7-10(12)19(15,16)17/h5-7H,2-4,8H2,1H3,(H,15,16,17). The van der Waals surface area contributed by atoms with Gasteiger partial charge in [0.2, 0.25) is 0 Å². The summed E-state index contributed by atoms with van der Waals surface area (Å²) in [6.45, 7) is 2.02. The Morgan fingerprint density at radius 2 is 2.05 bits per heavy atom. The largest absolute Gasteiger partial charge is 0.424 e. The van der Waals surface area contributed by atoms with Crippen molar-refractivity contribution in [3.63, 3.8) is 0 Å². The lowest BCUT2D eigenvalue weighted by Gasteiger charge is -2.09. The molecule has 0 saturated carbocycles. The van der Waals surface area contributed by atoms with Crippen LogP contribution in [0.15, 0.2) is 23.1 Å². The van der Waals surface area contributed by atoms with Crippen molar-refractivity contribution in [1.29, 1.82) is 0 Å². The van der Waals surface area contributed by atoms with Crippen molar-refractivity contribution in [2.24, 2.45) is 0 Å². The molecule has 0 heterocycles. The maximum atomic E-state index is 11.6. The van der Waals surface area contributed by atoms with Gasteiger partial charge in [-0.15, -0.1) is 0 Å². The molecule has 1 N–H and O–H groups in total. The van der Waals surface area contributed by atoms with Gasteiger partial charge in [-0.25, -0.2) is 0 Å². The van der Waals surface area contributed by atoms with Gasteiger partial charge in [-0.3, -0.25) is 9.35 Å². The summed E-state index contributed by atoms with van der Waals surface area (Å²) in [5, 5.41) is 0.